The predicted octanol–water partition coefficient (Wildman–Crippen LogP) is 5.23. The standard InChI is InChI=1S/C25H23N5O2S/c1-15(2)29(4)25(31)24-27-22(21-7-6-10-33-21)23-19-12-18(17-13-26-28(3)14-17)20(32-5)11-16(19)8-9-30(23)24/h6-14H,1H2,2-5H3. The van der Waals surface area contributed by atoms with E-state index < -0.39 is 0 Å². The van der Waals surface area contributed by atoms with E-state index in [9.17, 15) is 4.79 Å². The minimum Gasteiger partial charge on any atom is -0.496 e. The Bertz CT molecular complexity index is 1530. The van der Waals surface area contributed by atoms with Crippen molar-refractivity contribution in [1.82, 2.24) is 24.1 Å². The zero-order valence-corrected chi connectivity index (χ0v) is 19.7. The van der Waals surface area contributed by atoms with E-state index in [4.69, 9.17) is 9.72 Å². The Labute approximate surface area is 195 Å². The molecule has 33 heavy (non-hydrogen) atoms. The van der Waals surface area contributed by atoms with E-state index >= 15 is 0 Å². The number of ether oxygens (including phenoxy) is 1. The Morgan fingerprint density at radius 1 is 1.27 bits per heavy atom. The maximum atomic E-state index is 13.3. The first-order chi connectivity index (χ1) is 15.9. The van der Waals surface area contributed by atoms with Gasteiger partial charge in [-0.05, 0) is 42.0 Å². The monoisotopic (exact) mass is 457 g/mol. The Morgan fingerprint density at radius 2 is 2.09 bits per heavy atom. The van der Waals surface area contributed by atoms with Gasteiger partial charge >= 0.3 is 0 Å². The molecule has 0 spiro atoms. The van der Waals surface area contributed by atoms with Gasteiger partial charge in [0, 0.05) is 48.7 Å². The van der Waals surface area contributed by atoms with Crippen LogP contribution < -0.4 is 4.74 Å². The quantitative estimate of drug-likeness (QED) is 0.362. The number of fused-ring (bicyclic) bond motifs is 3. The van der Waals surface area contributed by atoms with Gasteiger partial charge in [-0.25, -0.2) is 4.98 Å². The summed E-state index contributed by atoms with van der Waals surface area (Å²) < 4.78 is 9.34. The topological polar surface area (TPSA) is 64.7 Å². The molecule has 0 aliphatic rings. The number of allylic oxidation sites excluding steroid dienone is 1. The number of aromatic nitrogens is 4. The van der Waals surface area contributed by atoms with E-state index in [-0.39, 0.29) is 5.91 Å². The molecule has 1 amide bonds. The molecule has 0 bridgehead atoms. The van der Waals surface area contributed by atoms with Crippen LogP contribution in [0.3, 0.4) is 0 Å². The number of rotatable bonds is 5. The fourth-order valence-corrected chi connectivity index (χ4v) is 4.66. The molecule has 0 unspecified atom stereocenters. The lowest BCUT2D eigenvalue weighted by Gasteiger charge is -2.16. The first-order valence-electron chi connectivity index (χ1n) is 10.4. The molecule has 4 aromatic heterocycles. The zero-order chi connectivity index (χ0) is 23.3. The summed E-state index contributed by atoms with van der Waals surface area (Å²) in [4.78, 5) is 20.6. The van der Waals surface area contributed by atoms with Crippen molar-refractivity contribution in [3.05, 3.63) is 72.4 Å². The van der Waals surface area contributed by atoms with Crippen LogP contribution in [0, 0.1) is 0 Å². The molecular formula is C25H23N5O2S. The summed E-state index contributed by atoms with van der Waals surface area (Å²) in [5.41, 5.74) is 4.18. The fraction of sp³-hybridized carbons (Fsp3) is 0.160. The number of hydrogen-bond acceptors (Lipinski definition) is 5. The van der Waals surface area contributed by atoms with Crippen molar-refractivity contribution in [3.8, 4) is 27.4 Å². The Hall–Kier alpha value is -3.91. The zero-order valence-electron chi connectivity index (χ0n) is 18.9. The lowest BCUT2D eigenvalue weighted by Crippen LogP contribution is -2.26. The Morgan fingerprint density at radius 3 is 2.73 bits per heavy atom. The minimum atomic E-state index is -0.208. The summed E-state index contributed by atoms with van der Waals surface area (Å²) in [5, 5.41) is 8.30. The van der Waals surface area contributed by atoms with E-state index in [1.807, 2.05) is 59.7 Å². The van der Waals surface area contributed by atoms with Crippen LogP contribution in [-0.4, -0.2) is 44.1 Å². The lowest BCUT2D eigenvalue weighted by molar-refractivity contribution is 0.0825. The first kappa shape index (κ1) is 21.0. The number of carbonyl (C=O) groups excluding carboxylic acids is 1. The van der Waals surface area contributed by atoms with Crippen molar-refractivity contribution in [3.63, 3.8) is 0 Å². The number of amides is 1. The van der Waals surface area contributed by atoms with Crippen LogP contribution in [0.25, 0.3) is 38.0 Å². The van der Waals surface area contributed by atoms with E-state index in [0.717, 1.165) is 43.7 Å². The van der Waals surface area contributed by atoms with Crippen LogP contribution in [0.15, 0.2) is 66.6 Å². The lowest BCUT2D eigenvalue weighted by atomic mass is 10.0. The molecule has 1 aromatic carbocycles. The SMILES string of the molecule is C=C(C)N(C)C(=O)c1nc(-c2cccs2)c2c3cc(-c4cnn(C)c4)c(OC)cc3ccn12. The highest BCUT2D eigenvalue weighted by molar-refractivity contribution is 7.13. The highest BCUT2D eigenvalue weighted by Gasteiger charge is 2.24. The molecule has 0 radical (unpaired) electrons. The molecule has 0 saturated heterocycles. The number of nitrogens with zero attached hydrogens (tertiary/aromatic N) is 5. The van der Waals surface area contributed by atoms with Gasteiger partial charge in [0.15, 0.2) is 0 Å². The van der Waals surface area contributed by atoms with Crippen LogP contribution in [0.4, 0.5) is 0 Å². The van der Waals surface area contributed by atoms with Crippen molar-refractivity contribution < 1.29 is 9.53 Å². The van der Waals surface area contributed by atoms with Gasteiger partial charge in [0.25, 0.3) is 5.91 Å². The summed E-state index contributed by atoms with van der Waals surface area (Å²) >= 11 is 1.59. The number of benzene rings is 1. The number of thiophene rings is 1. The van der Waals surface area contributed by atoms with Crippen LogP contribution in [0.5, 0.6) is 5.75 Å². The van der Waals surface area contributed by atoms with E-state index in [0.29, 0.717) is 11.5 Å². The summed E-state index contributed by atoms with van der Waals surface area (Å²) in [6, 6.07) is 10.1. The van der Waals surface area contributed by atoms with Crippen molar-refractivity contribution in [2.45, 2.75) is 6.92 Å². The molecule has 0 atom stereocenters. The van der Waals surface area contributed by atoms with Gasteiger partial charge in [-0.3, -0.25) is 13.9 Å². The van der Waals surface area contributed by atoms with Crippen molar-refractivity contribution >= 4 is 33.5 Å². The highest BCUT2D eigenvalue weighted by Crippen LogP contribution is 2.39. The second kappa shape index (κ2) is 7.90. The summed E-state index contributed by atoms with van der Waals surface area (Å²) in [5.74, 6) is 0.899. The van der Waals surface area contributed by atoms with Crippen molar-refractivity contribution in [1.29, 1.82) is 0 Å². The van der Waals surface area contributed by atoms with E-state index in [1.165, 1.54) is 4.90 Å². The summed E-state index contributed by atoms with van der Waals surface area (Å²) in [6.45, 7) is 5.70. The van der Waals surface area contributed by atoms with Crippen LogP contribution in [0.2, 0.25) is 0 Å². The summed E-state index contributed by atoms with van der Waals surface area (Å²) in [7, 11) is 5.26. The van der Waals surface area contributed by atoms with Gasteiger partial charge in [-0.15, -0.1) is 11.3 Å². The van der Waals surface area contributed by atoms with Crippen LogP contribution in [0.1, 0.15) is 17.5 Å². The third-order valence-electron chi connectivity index (χ3n) is 5.78. The Balaban J connectivity index is 1.86. The molecule has 7 nitrogen and oxygen atoms in total. The molecule has 0 fully saturated rings. The fourth-order valence-electron chi connectivity index (χ4n) is 3.94. The first-order valence-corrected chi connectivity index (χ1v) is 11.3. The van der Waals surface area contributed by atoms with Gasteiger partial charge in [0.2, 0.25) is 5.82 Å². The second-order valence-corrected chi connectivity index (χ2v) is 8.89. The van der Waals surface area contributed by atoms with Crippen molar-refractivity contribution in [2.75, 3.05) is 14.2 Å². The second-order valence-electron chi connectivity index (χ2n) is 7.94. The van der Waals surface area contributed by atoms with Crippen molar-refractivity contribution in [2.24, 2.45) is 7.05 Å². The maximum Gasteiger partial charge on any atom is 0.294 e. The molecule has 8 heteroatoms. The third-order valence-corrected chi connectivity index (χ3v) is 6.66. The number of hydrogen-bond donors (Lipinski definition) is 0. The summed E-state index contributed by atoms with van der Waals surface area (Å²) in [6.07, 6.45) is 5.67. The van der Waals surface area contributed by atoms with Crippen LogP contribution >= 0.6 is 11.3 Å². The number of imidazole rings is 1. The normalized spacial score (nSPS) is 11.3. The van der Waals surface area contributed by atoms with Crippen LogP contribution in [-0.2, 0) is 7.05 Å². The number of methoxy groups -OCH3 is 1. The molecule has 0 saturated carbocycles. The van der Waals surface area contributed by atoms with Gasteiger partial charge in [-0.2, -0.15) is 5.10 Å². The van der Waals surface area contributed by atoms with Gasteiger partial charge in [0.05, 0.1) is 23.7 Å². The molecule has 4 heterocycles. The van der Waals surface area contributed by atoms with E-state index in [1.54, 1.807) is 37.1 Å². The third kappa shape index (κ3) is 3.39. The maximum absolute atomic E-state index is 13.3. The molecule has 5 aromatic rings. The van der Waals surface area contributed by atoms with Gasteiger partial charge in [0.1, 0.15) is 11.4 Å². The van der Waals surface area contributed by atoms with E-state index in [2.05, 4.69) is 17.7 Å². The molecule has 5 rings (SSSR count). The Kier molecular flexibility index (Phi) is 5.02. The van der Waals surface area contributed by atoms with Gasteiger partial charge < -0.3 is 9.64 Å². The molecule has 0 aliphatic carbocycles. The number of pyridine rings is 1. The predicted molar refractivity (Wildman–Crippen MR) is 132 cm³/mol. The average molecular weight is 458 g/mol. The molecule has 0 aliphatic heterocycles. The molecule has 166 valence electrons. The highest BCUT2D eigenvalue weighted by atomic mass is 32.1. The number of aryl methyl sites for hydroxylation is 1. The van der Waals surface area contributed by atoms with Gasteiger partial charge in [-0.1, -0.05) is 12.6 Å². The minimum absolute atomic E-state index is 0.208. The molecule has 0 N–H and O–H groups in total. The number of carbonyl (C=O) groups is 1. The largest absolute Gasteiger partial charge is 0.496 e. The average Bonchev–Trinajstić information content (AvgIpc) is 3.56. The smallest absolute Gasteiger partial charge is 0.294 e. The molecular weight excluding hydrogens is 434 g/mol.